The number of nitrogens with one attached hydrogen (secondary N) is 1. The first-order valence-corrected chi connectivity index (χ1v) is 6.18. The van der Waals surface area contributed by atoms with E-state index in [-0.39, 0.29) is 6.61 Å². The lowest BCUT2D eigenvalue weighted by atomic mass is 9.97. The van der Waals surface area contributed by atoms with Gasteiger partial charge in [0.2, 0.25) is 0 Å². The molecule has 90 valence electrons. The number of benzene rings is 1. The second-order valence-electron chi connectivity index (χ2n) is 4.27. The van der Waals surface area contributed by atoms with Gasteiger partial charge in [-0.2, -0.15) is 0 Å². The lowest BCUT2D eigenvalue weighted by Crippen LogP contribution is -2.20. The summed E-state index contributed by atoms with van der Waals surface area (Å²) in [6.07, 6.45) is 2.22. The summed E-state index contributed by atoms with van der Waals surface area (Å²) >= 11 is 0. The summed E-state index contributed by atoms with van der Waals surface area (Å²) in [5.74, 6) is 0.654. The molecule has 2 heteroatoms. The molecular weight excluding hydrogens is 198 g/mol. The second kappa shape index (κ2) is 7.42. The molecule has 0 radical (unpaired) electrons. The van der Waals surface area contributed by atoms with Crippen LogP contribution in [-0.4, -0.2) is 24.8 Å². The van der Waals surface area contributed by atoms with E-state index in [2.05, 4.69) is 43.4 Å². The minimum absolute atomic E-state index is 0.215. The van der Waals surface area contributed by atoms with E-state index in [4.69, 9.17) is 5.11 Å². The Kier molecular flexibility index (Phi) is 6.12. The molecule has 0 aromatic heterocycles. The standard InChI is InChI=1S/C14H23NO/c1-3-12(2)14-6-4-13(5-7-14)8-9-15-10-11-16/h4-7,12,15-16H,3,8-11H2,1-2H3. The molecule has 2 N–H and O–H groups in total. The van der Waals surface area contributed by atoms with Gasteiger partial charge in [0.25, 0.3) is 0 Å². The fourth-order valence-corrected chi connectivity index (χ4v) is 1.69. The summed E-state index contributed by atoms with van der Waals surface area (Å²) in [4.78, 5) is 0. The molecule has 0 saturated carbocycles. The monoisotopic (exact) mass is 221 g/mol. The molecular formula is C14H23NO. The highest BCUT2D eigenvalue weighted by atomic mass is 16.3. The normalized spacial score (nSPS) is 12.7. The molecule has 1 unspecified atom stereocenters. The zero-order chi connectivity index (χ0) is 11.8. The van der Waals surface area contributed by atoms with Crippen LogP contribution in [-0.2, 0) is 6.42 Å². The molecule has 0 aliphatic carbocycles. The van der Waals surface area contributed by atoms with Gasteiger partial charge in [-0.3, -0.25) is 0 Å². The summed E-state index contributed by atoms with van der Waals surface area (Å²) in [7, 11) is 0. The average molecular weight is 221 g/mol. The van der Waals surface area contributed by atoms with Crippen LogP contribution in [0.1, 0.15) is 37.3 Å². The van der Waals surface area contributed by atoms with Crippen molar-refractivity contribution < 1.29 is 5.11 Å². The van der Waals surface area contributed by atoms with Crippen LogP contribution >= 0.6 is 0 Å². The first-order chi connectivity index (χ1) is 7.77. The quantitative estimate of drug-likeness (QED) is 0.693. The van der Waals surface area contributed by atoms with Gasteiger partial charge in [0.15, 0.2) is 0 Å². The van der Waals surface area contributed by atoms with Crippen molar-refractivity contribution in [3.05, 3.63) is 35.4 Å². The first kappa shape index (κ1) is 13.2. The third-order valence-electron chi connectivity index (χ3n) is 3.04. The van der Waals surface area contributed by atoms with E-state index in [1.165, 1.54) is 17.5 Å². The summed E-state index contributed by atoms with van der Waals surface area (Å²) < 4.78 is 0. The van der Waals surface area contributed by atoms with Gasteiger partial charge in [-0.15, -0.1) is 0 Å². The lowest BCUT2D eigenvalue weighted by molar-refractivity contribution is 0.293. The zero-order valence-electron chi connectivity index (χ0n) is 10.4. The smallest absolute Gasteiger partial charge is 0.0555 e. The molecule has 1 atom stereocenters. The highest BCUT2D eigenvalue weighted by molar-refractivity contribution is 5.25. The maximum absolute atomic E-state index is 8.63. The Morgan fingerprint density at radius 3 is 2.44 bits per heavy atom. The van der Waals surface area contributed by atoms with Gasteiger partial charge in [-0.1, -0.05) is 38.1 Å². The van der Waals surface area contributed by atoms with Gasteiger partial charge in [-0.25, -0.2) is 0 Å². The van der Waals surface area contributed by atoms with Crippen molar-refractivity contribution in [1.29, 1.82) is 0 Å². The van der Waals surface area contributed by atoms with Gasteiger partial charge in [-0.05, 0) is 36.4 Å². The summed E-state index contributed by atoms with van der Waals surface area (Å²) in [6, 6.07) is 8.88. The topological polar surface area (TPSA) is 32.3 Å². The number of aliphatic hydroxyl groups excluding tert-OH is 1. The highest BCUT2D eigenvalue weighted by Crippen LogP contribution is 2.18. The van der Waals surface area contributed by atoms with Gasteiger partial charge < -0.3 is 10.4 Å². The van der Waals surface area contributed by atoms with Crippen molar-refractivity contribution in [2.45, 2.75) is 32.6 Å². The van der Waals surface area contributed by atoms with E-state index in [0.717, 1.165) is 13.0 Å². The predicted octanol–water partition coefficient (Wildman–Crippen LogP) is 2.32. The Labute approximate surface area is 98.7 Å². The van der Waals surface area contributed by atoms with Crippen LogP contribution in [0.3, 0.4) is 0 Å². The van der Waals surface area contributed by atoms with Gasteiger partial charge in [0.05, 0.1) is 6.61 Å². The van der Waals surface area contributed by atoms with Crippen LogP contribution in [0.5, 0.6) is 0 Å². The Bertz CT molecular complexity index is 281. The SMILES string of the molecule is CCC(C)c1ccc(CCNCCO)cc1. The zero-order valence-corrected chi connectivity index (χ0v) is 10.4. The molecule has 0 aliphatic rings. The molecule has 1 aromatic carbocycles. The summed E-state index contributed by atoms with van der Waals surface area (Å²) in [5.41, 5.74) is 2.78. The molecule has 0 saturated heterocycles. The third kappa shape index (κ3) is 4.33. The average Bonchev–Trinajstić information content (AvgIpc) is 2.34. The van der Waals surface area contributed by atoms with E-state index in [0.29, 0.717) is 12.5 Å². The van der Waals surface area contributed by atoms with Crippen molar-refractivity contribution in [2.75, 3.05) is 19.7 Å². The highest BCUT2D eigenvalue weighted by Gasteiger charge is 2.01. The largest absolute Gasteiger partial charge is 0.395 e. The predicted molar refractivity (Wildman–Crippen MR) is 68.8 cm³/mol. The van der Waals surface area contributed by atoms with Crippen LogP contribution in [0.25, 0.3) is 0 Å². The van der Waals surface area contributed by atoms with Crippen molar-refractivity contribution in [1.82, 2.24) is 5.32 Å². The molecule has 16 heavy (non-hydrogen) atoms. The summed E-state index contributed by atoms with van der Waals surface area (Å²) in [6.45, 7) is 6.32. The molecule has 0 spiro atoms. The lowest BCUT2D eigenvalue weighted by Gasteiger charge is -2.09. The van der Waals surface area contributed by atoms with Crippen molar-refractivity contribution >= 4 is 0 Å². The molecule has 0 aliphatic heterocycles. The second-order valence-corrected chi connectivity index (χ2v) is 4.27. The maximum atomic E-state index is 8.63. The number of hydrogen-bond acceptors (Lipinski definition) is 2. The molecule has 0 fully saturated rings. The number of rotatable bonds is 7. The van der Waals surface area contributed by atoms with Crippen molar-refractivity contribution in [2.24, 2.45) is 0 Å². The Balaban J connectivity index is 2.39. The summed E-state index contributed by atoms with van der Waals surface area (Å²) in [5, 5.41) is 11.8. The van der Waals surface area contributed by atoms with Crippen LogP contribution in [0, 0.1) is 0 Å². The van der Waals surface area contributed by atoms with E-state index in [1.807, 2.05) is 0 Å². The molecule has 1 aromatic rings. The Morgan fingerprint density at radius 1 is 1.19 bits per heavy atom. The van der Waals surface area contributed by atoms with Crippen LogP contribution < -0.4 is 5.32 Å². The Hall–Kier alpha value is -0.860. The fourth-order valence-electron chi connectivity index (χ4n) is 1.69. The van der Waals surface area contributed by atoms with Gasteiger partial charge in [0, 0.05) is 6.54 Å². The molecule has 0 bridgehead atoms. The molecule has 2 nitrogen and oxygen atoms in total. The van der Waals surface area contributed by atoms with E-state index < -0.39 is 0 Å². The third-order valence-corrected chi connectivity index (χ3v) is 3.04. The van der Waals surface area contributed by atoms with Gasteiger partial charge in [0.1, 0.15) is 0 Å². The van der Waals surface area contributed by atoms with Crippen LogP contribution in [0.15, 0.2) is 24.3 Å². The van der Waals surface area contributed by atoms with Crippen molar-refractivity contribution in [3.8, 4) is 0 Å². The minimum atomic E-state index is 0.215. The number of hydrogen-bond donors (Lipinski definition) is 2. The molecule has 1 rings (SSSR count). The maximum Gasteiger partial charge on any atom is 0.0555 e. The van der Waals surface area contributed by atoms with Crippen LogP contribution in [0.2, 0.25) is 0 Å². The molecule has 0 heterocycles. The Morgan fingerprint density at radius 2 is 1.88 bits per heavy atom. The van der Waals surface area contributed by atoms with Crippen molar-refractivity contribution in [3.63, 3.8) is 0 Å². The fraction of sp³-hybridized carbons (Fsp3) is 0.571. The number of aliphatic hydroxyl groups is 1. The van der Waals surface area contributed by atoms with Gasteiger partial charge >= 0.3 is 0 Å². The van der Waals surface area contributed by atoms with E-state index in [9.17, 15) is 0 Å². The van der Waals surface area contributed by atoms with E-state index >= 15 is 0 Å². The van der Waals surface area contributed by atoms with Crippen LogP contribution in [0.4, 0.5) is 0 Å². The van der Waals surface area contributed by atoms with E-state index in [1.54, 1.807) is 0 Å². The minimum Gasteiger partial charge on any atom is -0.395 e. The molecule has 0 amide bonds. The first-order valence-electron chi connectivity index (χ1n) is 6.18.